The molecule has 2 aromatic rings. The molecule has 1 atom stereocenters. The smallest absolute Gasteiger partial charge is 0.329 e. The first kappa shape index (κ1) is 16.4. The quantitative estimate of drug-likeness (QED) is 0.781. The summed E-state index contributed by atoms with van der Waals surface area (Å²) < 4.78 is 3.83. The van der Waals surface area contributed by atoms with E-state index in [2.05, 4.69) is 34.1 Å². The zero-order chi connectivity index (χ0) is 17.7. The topological polar surface area (TPSA) is 63.0 Å². The second-order valence-electron chi connectivity index (χ2n) is 8.64. The summed E-state index contributed by atoms with van der Waals surface area (Å²) in [5.41, 5.74) is 3.91. The van der Waals surface area contributed by atoms with Gasteiger partial charge in [-0.15, -0.1) is 0 Å². The van der Waals surface area contributed by atoms with E-state index in [0.717, 1.165) is 55.1 Å². The molecule has 5 rings (SSSR count). The molecule has 0 bridgehead atoms. The van der Waals surface area contributed by atoms with Crippen LogP contribution < -0.4 is 21.6 Å². The van der Waals surface area contributed by atoms with Crippen LogP contribution in [0.4, 0.5) is 5.69 Å². The molecule has 2 aliphatic heterocycles. The fourth-order valence-corrected chi connectivity index (χ4v) is 5.32. The number of nitrogens with zero attached hydrogens (tertiary/aromatic N) is 2. The lowest BCUT2D eigenvalue weighted by Gasteiger charge is -2.54. The van der Waals surface area contributed by atoms with Gasteiger partial charge in [-0.1, -0.05) is 6.07 Å². The van der Waals surface area contributed by atoms with Crippen LogP contribution in [0.15, 0.2) is 23.0 Å². The van der Waals surface area contributed by atoms with E-state index in [1.54, 1.807) is 0 Å². The molecule has 1 unspecified atom stereocenters. The number of para-hydroxylation sites is 1. The number of fused-ring (bicyclic) bond motifs is 1. The van der Waals surface area contributed by atoms with Crippen LogP contribution >= 0.6 is 0 Å². The Hall–Kier alpha value is -1.79. The Morgan fingerprint density at radius 2 is 2.12 bits per heavy atom. The third-order valence-electron chi connectivity index (χ3n) is 6.76. The zero-order valence-electron chi connectivity index (χ0n) is 15.6. The van der Waals surface area contributed by atoms with Gasteiger partial charge in [-0.3, -0.25) is 9.13 Å². The highest BCUT2D eigenvalue weighted by Crippen LogP contribution is 2.48. The van der Waals surface area contributed by atoms with Gasteiger partial charge in [0.15, 0.2) is 0 Å². The van der Waals surface area contributed by atoms with E-state index in [1.807, 2.05) is 16.2 Å². The van der Waals surface area contributed by atoms with Gasteiger partial charge >= 0.3 is 5.69 Å². The van der Waals surface area contributed by atoms with Crippen LogP contribution in [-0.2, 0) is 7.05 Å². The van der Waals surface area contributed by atoms with Gasteiger partial charge in [0.25, 0.3) is 0 Å². The molecule has 2 saturated heterocycles. The maximum absolute atomic E-state index is 12.9. The highest BCUT2D eigenvalue weighted by molar-refractivity contribution is 5.89. The van der Waals surface area contributed by atoms with E-state index >= 15 is 0 Å². The van der Waals surface area contributed by atoms with Crippen LogP contribution in [0.1, 0.15) is 31.7 Å². The molecule has 1 aromatic carbocycles. The molecule has 0 radical (unpaired) electrons. The molecule has 6 nitrogen and oxygen atoms in total. The number of nitrogens with one attached hydrogen (secondary N) is 3. The highest BCUT2D eigenvalue weighted by atomic mass is 16.1. The van der Waals surface area contributed by atoms with E-state index in [-0.39, 0.29) is 11.7 Å². The summed E-state index contributed by atoms with van der Waals surface area (Å²) in [4.78, 5) is 12.9. The number of aryl methyl sites for hydroxylation is 1. The average molecular weight is 355 g/mol. The summed E-state index contributed by atoms with van der Waals surface area (Å²) >= 11 is 0. The van der Waals surface area contributed by atoms with Gasteiger partial charge < -0.3 is 16.0 Å². The first-order chi connectivity index (χ1) is 12.7. The molecule has 3 aliphatic rings. The lowest BCUT2D eigenvalue weighted by Crippen LogP contribution is -2.61. The zero-order valence-corrected chi connectivity index (χ0v) is 15.6. The minimum atomic E-state index is 0.103. The molecule has 1 spiro atoms. The standard InChI is InChI=1S/C20H29N5O/c1-24-18-16(23-10-14-8-20(9-14)12-22-13-20)5-2-6-17(18)25(19(24)26)15-4-3-7-21-11-15/h2,5-6,14-15,21-23H,3-4,7-13H2,1H3. The normalized spacial score (nSPS) is 25.2. The van der Waals surface area contributed by atoms with Crippen molar-refractivity contribution in [2.45, 2.75) is 31.7 Å². The van der Waals surface area contributed by atoms with Gasteiger partial charge in [0.05, 0.1) is 22.8 Å². The Kier molecular flexibility index (Phi) is 3.87. The minimum Gasteiger partial charge on any atom is -0.383 e. The highest BCUT2D eigenvalue weighted by Gasteiger charge is 2.47. The van der Waals surface area contributed by atoms with Gasteiger partial charge in [-0.25, -0.2) is 4.79 Å². The summed E-state index contributed by atoms with van der Waals surface area (Å²) in [6.45, 7) is 5.35. The van der Waals surface area contributed by atoms with Crippen LogP contribution in [0.2, 0.25) is 0 Å². The van der Waals surface area contributed by atoms with Crippen molar-refractivity contribution >= 4 is 16.7 Å². The molecule has 3 heterocycles. The molecule has 1 saturated carbocycles. The van der Waals surface area contributed by atoms with Crippen molar-refractivity contribution in [1.82, 2.24) is 19.8 Å². The van der Waals surface area contributed by atoms with E-state index in [0.29, 0.717) is 5.41 Å². The summed E-state index contributed by atoms with van der Waals surface area (Å²) in [6, 6.07) is 6.54. The first-order valence-electron chi connectivity index (χ1n) is 10.0. The monoisotopic (exact) mass is 355 g/mol. The number of piperidine rings is 1. The Morgan fingerprint density at radius 1 is 1.27 bits per heavy atom. The molecule has 3 N–H and O–H groups in total. The summed E-state index contributed by atoms with van der Waals surface area (Å²) in [5.74, 6) is 0.758. The minimum absolute atomic E-state index is 0.103. The molecular weight excluding hydrogens is 326 g/mol. The number of hydrogen-bond donors (Lipinski definition) is 3. The second-order valence-corrected chi connectivity index (χ2v) is 8.64. The fraction of sp³-hybridized carbons (Fsp3) is 0.650. The summed E-state index contributed by atoms with van der Waals surface area (Å²) in [7, 11) is 1.90. The lowest BCUT2D eigenvalue weighted by molar-refractivity contribution is 0.00681. The van der Waals surface area contributed by atoms with Crippen molar-refractivity contribution < 1.29 is 0 Å². The van der Waals surface area contributed by atoms with Gasteiger partial charge in [-0.2, -0.15) is 0 Å². The third-order valence-corrected chi connectivity index (χ3v) is 6.76. The summed E-state index contributed by atoms with van der Waals surface area (Å²) in [5, 5.41) is 10.5. The predicted molar refractivity (Wildman–Crippen MR) is 105 cm³/mol. The first-order valence-corrected chi connectivity index (χ1v) is 10.0. The largest absolute Gasteiger partial charge is 0.383 e. The molecule has 140 valence electrons. The van der Waals surface area contributed by atoms with Crippen LogP contribution in [0, 0.1) is 11.3 Å². The van der Waals surface area contributed by atoms with Crippen LogP contribution in [0.5, 0.6) is 0 Å². The molecule has 1 aromatic heterocycles. The van der Waals surface area contributed by atoms with Crippen LogP contribution in [0.25, 0.3) is 11.0 Å². The molecule has 3 fully saturated rings. The van der Waals surface area contributed by atoms with Crippen molar-refractivity contribution in [2.24, 2.45) is 18.4 Å². The molecule has 26 heavy (non-hydrogen) atoms. The predicted octanol–water partition coefficient (Wildman–Crippen LogP) is 1.68. The van der Waals surface area contributed by atoms with Gasteiger partial charge in [0, 0.05) is 33.2 Å². The molecule has 6 heteroatoms. The maximum atomic E-state index is 12.9. The second kappa shape index (κ2) is 6.13. The molecule has 1 aliphatic carbocycles. The van der Waals surface area contributed by atoms with Crippen molar-refractivity contribution in [2.75, 3.05) is 38.0 Å². The Labute approximate surface area is 153 Å². The maximum Gasteiger partial charge on any atom is 0.329 e. The van der Waals surface area contributed by atoms with Gasteiger partial charge in [-0.05, 0) is 55.7 Å². The van der Waals surface area contributed by atoms with E-state index in [9.17, 15) is 4.79 Å². The number of imidazole rings is 1. The van der Waals surface area contributed by atoms with Crippen LogP contribution in [0.3, 0.4) is 0 Å². The molecular formula is C20H29N5O. The third kappa shape index (κ3) is 2.50. The van der Waals surface area contributed by atoms with E-state index in [4.69, 9.17) is 0 Å². The van der Waals surface area contributed by atoms with Crippen molar-refractivity contribution in [1.29, 1.82) is 0 Å². The van der Waals surface area contributed by atoms with E-state index in [1.165, 1.54) is 25.9 Å². The Balaban J connectivity index is 1.40. The van der Waals surface area contributed by atoms with Crippen LogP contribution in [-0.4, -0.2) is 41.9 Å². The van der Waals surface area contributed by atoms with Crippen molar-refractivity contribution in [3.05, 3.63) is 28.7 Å². The SMILES string of the molecule is Cn1c(=O)n(C2CCCNC2)c2cccc(NCC3CC4(CNC4)C3)c21. The van der Waals surface area contributed by atoms with Gasteiger partial charge in [0.1, 0.15) is 0 Å². The number of rotatable bonds is 4. The molecule has 0 amide bonds. The summed E-state index contributed by atoms with van der Waals surface area (Å²) in [6.07, 6.45) is 4.86. The fourth-order valence-electron chi connectivity index (χ4n) is 5.32. The van der Waals surface area contributed by atoms with Crippen molar-refractivity contribution in [3.8, 4) is 0 Å². The average Bonchev–Trinajstić information content (AvgIpc) is 2.85. The number of anilines is 1. The van der Waals surface area contributed by atoms with Crippen molar-refractivity contribution in [3.63, 3.8) is 0 Å². The Bertz CT molecular complexity index is 864. The van der Waals surface area contributed by atoms with E-state index < -0.39 is 0 Å². The Morgan fingerprint density at radius 3 is 2.81 bits per heavy atom. The number of benzene rings is 1. The van der Waals surface area contributed by atoms with Gasteiger partial charge in [0.2, 0.25) is 0 Å². The number of hydrogen-bond acceptors (Lipinski definition) is 4. The number of aromatic nitrogens is 2. The lowest BCUT2D eigenvalue weighted by atomic mass is 9.58.